The molecule has 18 atom stereocenters. The van der Waals surface area contributed by atoms with Crippen molar-refractivity contribution in [3.63, 3.8) is 0 Å². The lowest BCUT2D eigenvalue weighted by atomic mass is 9.91. The second-order valence-electron chi connectivity index (χ2n) is 27.6. The Hall–Kier alpha value is -7.18. The molecule has 0 spiro atoms. The summed E-state index contributed by atoms with van der Waals surface area (Å²) in [5, 5.41) is 34.7. The molecule has 3 fully saturated rings. The standard InChI is InChI=1S/C47H58O9.C42H52O8/c1-5-39-43(50-27-26-33(2)3)44(52-30-37-22-14-8-15-23-37)45(53-31-38-24-16-9-17-25-38)47(54-39)56-46-34(4)42(51-29-36-20-12-7-13-21-36)41(48)40(55-46)32-49-28-35-18-10-6-11-19-35;1-3-17-35(43)39(46-27-32-20-11-6-12-21-32)37(45-26-31-18-9-5-10-19-31)30-49-42-41(48-29-34-24-15-8-16-25-34)40(38(44)36(4-2)50-42)47-28-33-22-13-7-14-23-33/h6-26,34,39-48H,5,27-32H2,1-4H3;5-16,18-25,35-44H,3-4,17,26-30H2,1-2H3/t34?,39?,40?,41-,42?,43-,44+,45?,46-,47-;35-,36?,37?,38-,39+,40+,41?,42-/m11/s1. The molecule has 8 aromatic rings. The van der Waals surface area contributed by atoms with Crippen molar-refractivity contribution in [2.24, 2.45) is 5.92 Å². The lowest BCUT2D eigenvalue weighted by Crippen LogP contribution is -2.63. The Morgan fingerprint density at radius 2 is 0.755 bits per heavy atom. The first-order valence-corrected chi connectivity index (χ1v) is 37.7. The number of allylic oxidation sites excluding steroid dienone is 1. The molecule has 3 heterocycles. The van der Waals surface area contributed by atoms with Crippen LogP contribution in [-0.4, -0.2) is 139 Å². The highest BCUT2D eigenvalue weighted by Gasteiger charge is 2.53. The van der Waals surface area contributed by atoms with Crippen LogP contribution in [-0.2, 0) is 119 Å². The van der Waals surface area contributed by atoms with Crippen molar-refractivity contribution in [3.8, 4) is 0 Å². The molecular weight excluding hydrogens is 1340 g/mol. The van der Waals surface area contributed by atoms with E-state index in [1.807, 2.05) is 263 Å². The fourth-order valence-electron chi connectivity index (χ4n) is 13.3. The molecular formula is C89H110O17. The molecule has 17 heteroatoms. The van der Waals surface area contributed by atoms with Gasteiger partial charge < -0.3 is 81.6 Å². The van der Waals surface area contributed by atoms with Crippen molar-refractivity contribution in [1.29, 1.82) is 0 Å². The van der Waals surface area contributed by atoms with Gasteiger partial charge in [0.05, 0.1) is 97.1 Å². The number of aliphatic hydroxyl groups is 3. The van der Waals surface area contributed by atoms with Gasteiger partial charge in [0.1, 0.15) is 61.0 Å². The van der Waals surface area contributed by atoms with Crippen LogP contribution in [0.5, 0.6) is 0 Å². The lowest BCUT2D eigenvalue weighted by Gasteiger charge is -2.49. The fraction of sp³-hybridized carbons (Fsp3) is 0.438. The summed E-state index contributed by atoms with van der Waals surface area (Å²) in [5.41, 5.74) is 9.16. The molecule has 0 aromatic heterocycles. The molecule has 0 radical (unpaired) electrons. The van der Waals surface area contributed by atoms with Crippen molar-refractivity contribution in [2.45, 2.75) is 224 Å². The summed E-state index contributed by atoms with van der Waals surface area (Å²) < 4.78 is 92.0. The van der Waals surface area contributed by atoms with Gasteiger partial charge in [-0.25, -0.2) is 0 Å². The zero-order valence-corrected chi connectivity index (χ0v) is 62.2. The molecule has 0 amide bonds. The average Bonchev–Trinajstić information content (AvgIpc) is 0.781. The number of benzene rings is 8. The van der Waals surface area contributed by atoms with E-state index in [4.69, 9.17) is 66.3 Å². The van der Waals surface area contributed by atoms with Crippen LogP contribution >= 0.6 is 0 Å². The molecule has 8 aromatic carbocycles. The van der Waals surface area contributed by atoms with E-state index in [1.54, 1.807) is 0 Å². The lowest BCUT2D eigenvalue weighted by molar-refractivity contribution is -0.379. The van der Waals surface area contributed by atoms with E-state index in [-0.39, 0.29) is 25.9 Å². The zero-order valence-electron chi connectivity index (χ0n) is 62.2. The molecule has 3 aliphatic rings. The Morgan fingerprint density at radius 1 is 0.387 bits per heavy atom. The van der Waals surface area contributed by atoms with Gasteiger partial charge in [-0.1, -0.05) is 288 Å². The predicted molar refractivity (Wildman–Crippen MR) is 406 cm³/mol. The van der Waals surface area contributed by atoms with Gasteiger partial charge in [-0.15, -0.1) is 0 Å². The first-order chi connectivity index (χ1) is 51.9. The van der Waals surface area contributed by atoms with Crippen LogP contribution in [0, 0.1) is 5.92 Å². The van der Waals surface area contributed by atoms with E-state index in [9.17, 15) is 15.3 Å². The van der Waals surface area contributed by atoms with Crippen molar-refractivity contribution in [2.75, 3.05) is 19.8 Å². The van der Waals surface area contributed by atoms with Crippen molar-refractivity contribution in [3.05, 3.63) is 299 Å². The van der Waals surface area contributed by atoms with Crippen LogP contribution in [0.1, 0.15) is 112 Å². The van der Waals surface area contributed by atoms with Crippen LogP contribution in [0.15, 0.2) is 254 Å². The van der Waals surface area contributed by atoms with Gasteiger partial charge >= 0.3 is 0 Å². The van der Waals surface area contributed by atoms with Crippen LogP contribution in [0.4, 0.5) is 0 Å². The Labute approximate surface area is 627 Å². The quantitative estimate of drug-likeness (QED) is 0.0308. The van der Waals surface area contributed by atoms with E-state index in [2.05, 4.69) is 26.8 Å². The summed E-state index contributed by atoms with van der Waals surface area (Å²) in [7, 11) is 0. The monoisotopic (exact) mass is 1450 g/mol. The number of ether oxygens (including phenoxy) is 14. The van der Waals surface area contributed by atoms with Gasteiger partial charge in [-0.3, -0.25) is 0 Å². The molecule has 11 rings (SSSR count). The number of rotatable bonds is 39. The van der Waals surface area contributed by atoms with E-state index in [1.165, 1.54) is 0 Å². The molecule has 17 nitrogen and oxygen atoms in total. The van der Waals surface area contributed by atoms with Gasteiger partial charge in [0.25, 0.3) is 0 Å². The SMILES string of the molecule is CCC1O[C@H](O[C@H]2OC(COCc3ccccc3)[C@@H](O)C(OCc3ccccc3)C2C)C(OCc2ccccc2)[C@@H](OCc2ccccc2)[C@@H]1OCC=C(C)C.CCC[C@@H](O)[C@H](OCc1ccccc1)C(CO[C@@H]1OC(CC)[C@@H](O)[C@H](OCc2ccccc2)C1OCc1ccccc1)OCc1ccccc1. The van der Waals surface area contributed by atoms with Crippen LogP contribution < -0.4 is 0 Å². The normalized spacial score (nSPS) is 25.3. The maximum atomic E-state index is 11.7. The van der Waals surface area contributed by atoms with Gasteiger partial charge in [-0.2, -0.15) is 0 Å². The third-order valence-corrected chi connectivity index (χ3v) is 19.2. The molecule has 0 bridgehead atoms. The third-order valence-electron chi connectivity index (χ3n) is 19.2. The van der Waals surface area contributed by atoms with Crippen LogP contribution in [0.3, 0.4) is 0 Å². The summed E-state index contributed by atoms with van der Waals surface area (Å²) in [5.74, 6) is -0.395. The highest BCUT2D eigenvalue weighted by atomic mass is 16.8. The first-order valence-electron chi connectivity index (χ1n) is 37.7. The van der Waals surface area contributed by atoms with Crippen LogP contribution in [0.2, 0.25) is 0 Å². The largest absolute Gasteiger partial charge is 0.390 e. The van der Waals surface area contributed by atoms with Crippen molar-refractivity contribution < 1.29 is 81.6 Å². The summed E-state index contributed by atoms with van der Waals surface area (Å²) >= 11 is 0. The minimum atomic E-state index is -0.972. The Kier molecular flexibility index (Phi) is 34.0. The highest BCUT2D eigenvalue weighted by Crippen LogP contribution is 2.38. The molecule has 0 aliphatic carbocycles. The molecule has 106 heavy (non-hydrogen) atoms. The number of hydrogen-bond donors (Lipinski definition) is 3. The molecule has 3 saturated heterocycles. The predicted octanol–water partition coefficient (Wildman–Crippen LogP) is 15.2. The van der Waals surface area contributed by atoms with E-state index < -0.39 is 104 Å². The van der Waals surface area contributed by atoms with Crippen molar-refractivity contribution >= 4 is 0 Å². The topological polar surface area (TPSA) is 190 Å². The molecule has 568 valence electrons. The number of hydrogen-bond acceptors (Lipinski definition) is 17. The molecule has 8 unspecified atom stereocenters. The zero-order chi connectivity index (χ0) is 74.1. The molecule has 3 aliphatic heterocycles. The minimum Gasteiger partial charge on any atom is -0.390 e. The maximum Gasteiger partial charge on any atom is 0.189 e. The number of aliphatic hydroxyl groups excluding tert-OH is 3. The fourth-order valence-corrected chi connectivity index (χ4v) is 13.3. The summed E-state index contributed by atoms with van der Waals surface area (Å²) in [6, 6.07) is 79.5. The summed E-state index contributed by atoms with van der Waals surface area (Å²) in [6.45, 7) is 15.2. The Morgan fingerprint density at radius 3 is 1.19 bits per heavy atom. The second kappa shape index (κ2) is 44.3. The van der Waals surface area contributed by atoms with Gasteiger partial charge in [0.2, 0.25) is 0 Å². The highest BCUT2D eigenvalue weighted by molar-refractivity contribution is 5.20. The Balaban J connectivity index is 0.000000228. The smallest absolute Gasteiger partial charge is 0.189 e. The maximum absolute atomic E-state index is 11.7. The summed E-state index contributed by atoms with van der Waals surface area (Å²) in [4.78, 5) is 0. The van der Waals surface area contributed by atoms with Crippen molar-refractivity contribution in [1.82, 2.24) is 0 Å². The summed E-state index contributed by atoms with van der Waals surface area (Å²) in [6.07, 6.45) is -7.64. The van der Waals surface area contributed by atoms with E-state index in [0.29, 0.717) is 72.1 Å². The third kappa shape index (κ3) is 25.2. The second-order valence-corrected chi connectivity index (χ2v) is 27.6. The molecule has 3 N–H and O–H groups in total. The van der Waals surface area contributed by atoms with E-state index in [0.717, 1.165) is 56.5 Å². The van der Waals surface area contributed by atoms with Gasteiger partial charge in [-0.05, 0) is 77.6 Å². The van der Waals surface area contributed by atoms with E-state index >= 15 is 0 Å². The molecule has 0 saturated carbocycles. The van der Waals surface area contributed by atoms with Gasteiger partial charge in [0.15, 0.2) is 18.9 Å². The Bertz CT molecular complexity index is 3640. The minimum absolute atomic E-state index is 0.0425. The first kappa shape index (κ1) is 81.3. The van der Waals surface area contributed by atoms with Crippen LogP contribution in [0.25, 0.3) is 0 Å². The average molecular weight is 1450 g/mol. The van der Waals surface area contributed by atoms with Gasteiger partial charge in [0, 0.05) is 5.92 Å².